The van der Waals surface area contributed by atoms with Crippen LogP contribution in [-0.2, 0) is 0 Å². The molecule has 3 aromatic carbocycles. The predicted octanol–water partition coefficient (Wildman–Crippen LogP) is 10.3. The highest BCUT2D eigenvalue weighted by molar-refractivity contribution is 5.91. The molecule has 1 aliphatic carbocycles. The summed E-state index contributed by atoms with van der Waals surface area (Å²) < 4.78 is 5.58. The maximum atomic E-state index is 12.5. The summed E-state index contributed by atoms with van der Waals surface area (Å²) in [6, 6.07) is 24.0. The largest absolute Gasteiger partial charge is 0.423 e. The summed E-state index contributed by atoms with van der Waals surface area (Å²) in [5.41, 5.74) is 5.39. The number of carbonyl (C=O) groups excluding carboxylic acids is 1. The number of benzene rings is 3. The molecule has 1 fully saturated rings. The van der Waals surface area contributed by atoms with E-state index in [1.165, 1.54) is 36.8 Å². The van der Waals surface area contributed by atoms with Gasteiger partial charge in [-0.15, -0.1) is 0 Å². The van der Waals surface area contributed by atoms with Crippen molar-refractivity contribution in [3.8, 4) is 16.9 Å². The standard InChI is InChI=1S/C27H28O2.3C2H6/c1-19-3-7-21(8-4-19)23-11-13-25(14-12-23)27(28)29-26-17-15-24(16-18-26)22-9-5-20(2)6-10-22;3*1-2/h3-4,7-8,11-18,20,22H,5-6,9-10H2,1-2H3;3*1-2H3. The summed E-state index contributed by atoms with van der Waals surface area (Å²) in [7, 11) is 0. The SMILES string of the molecule is CC.CC.CC.Cc1ccc(-c2ccc(C(=O)Oc3ccc(C4CCC(C)CC4)cc3)cc2)cc1. The molecule has 0 bridgehead atoms. The zero-order valence-corrected chi connectivity index (χ0v) is 23.2. The molecule has 2 heteroatoms. The van der Waals surface area contributed by atoms with E-state index in [1.54, 1.807) is 0 Å². The Kier molecular flexibility index (Phi) is 14.4. The minimum Gasteiger partial charge on any atom is -0.423 e. The topological polar surface area (TPSA) is 26.3 Å². The van der Waals surface area contributed by atoms with E-state index in [9.17, 15) is 4.79 Å². The van der Waals surface area contributed by atoms with Crippen LogP contribution in [0.5, 0.6) is 5.75 Å². The molecule has 0 spiro atoms. The van der Waals surface area contributed by atoms with Crippen LogP contribution in [-0.4, -0.2) is 5.97 Å². The Morgan fingerprint density at radius 3 is 1.60 bits per heavy atom. The van der Waals surface area contributed by atoms with Crippen LogP contribution in [0.25, 0.3) is 11.1 Å². The van der Waals surface area contributed by atoms with Gasteiger partial charge in [-0.1, -0.05) is 115 Å². The van der Waals surface area contributed by atoms with Gasteiger partial charge in [0.25, 0.3) is 0 Å². The Morgan fingerprint density at radius 2 is 1.11 bits per heavy atom. The molecular formula is C33H46O2. The third-order valence-electron chi connectivity index (χ3n) is 6.08. The van der Waals surface area contributed by atoms with Crippen molar-refractivity contribution in [2.24, 2.45) is 5.92 Å². The maximum absolute atomic E-state index is 12.5. The highest BCUT2D eigenvalue weighted by Gasteiger charge is 2.19. The van der Waals surface area contributed by atoms with Crippen LogP contribution in [0.15, 0.2) is 72.8 Å². The highest BCUT2D eigenvalue weighted by Crippen LogP contribution is 2.36. The van der Waals surface area contributed by atoms with Crippen LogP contribution in [0.3, 0.4) is 0 Å². The lowest BCUT2D eigenvalue weighted by molar-refractivity contribution is 0.0734. The van der Waals surface area contributed by atoms with Crippen molar-refractivity contribution in [3.63, 3.8) is 0 Å². The van der Waals surface area contributed by atoms with E-state index in [1.807, 2.05) is 77.9 Å². The van der Waals surface area contributed by atoms with Gasteiger partial charge in [-0.2, -0.15) is 0 Å². The maximum Gasteiger partial charge on any atom is 0.343 e. The van der Waals surface area contributed by atoms with Gasteiger partial charge in [0.2, 0.25) is 0 Å². The zero-order chi connectivity index (χ0) is 26.2. The number of aryl methyl sites for hydroxylation is 1. The van der Waals surface area contributed by atoms with Crippen molar-refractivity contribution in [1.29, 1.82) is 0 Å². The number of carbonyl (C=O) groups is 1. The lowest BCUT2D eigenvalue weighted by Gasteiger charge is -2.26. The fourth-order valence-corrected chi connectivity index (χ4v) is 4.11. The summed E-state index contributed by atoms with van der Waals surface area (Å²) in [5, 5.41) is 0. The van der Waals surface area contributed by atoms with Gasteiger partial charge in [0.15, 0.2) is 0 Å². The minimum absolute atomic E-state index is 0.320. The van der Waals surface area contributed by atoms with Gasteiger partial charge in [0.1, 0.15) is 5.75 Å². The highest BCUT2D eigenvalue weighted by atomic mass is 16.5. The van der Waals surface area contributed by atoms with Crippen LogP contribution < -0.4 is 4.74 Å². The van der Waals surface area contributed by atoms with E-state index < -0.39 is 0 Å². The van der Waals surface area contributed by atoms with Gasteiger partial charge in [0.05, 0.1) is 5.56 Å². The number of esters is 1. The van der Waals surface area contributed by atoms with Gasteiger partial charge < -0.3 is 4.74 Å². The molecule has 1 saturated carbocycles. The summed E-state index contributed by atoms with van der Waals surface area (Å²) in [5.74, 6) is 1.78. The van der Waals surface area contributed by atoms with E-state index in [0.717, 1.165) is 17.0 Å². The average molecular weight is 475 g/mol. The van der Waals surface area contributed by atoms with Gasteiger partial charge in [0, 0.05) is 0 Å². The van der Waals surface area contributed by atoms with Gasteiger partial charge in [-0.3, -0.25) is 0 Å². The lowest BCUT2D eigenvalue weighted by Crippen LogP contribution is -2.11. The smallest absolute Gasteiger partial charge is 0.343 e. The van der Waals surface area contributed by atoms with E-state index in [2.05, 4.69) is 50.2 Å². The van der Waals surface area contributed by atoms with Gasteiger partial charge in [-0.25, -0.2) is 4.79 Å². The minimum atomic E-state index is -0.320. The quantitative estimate of drug-likeness (QED) is 0.278. The van der Waals surface area contributed by atoms with Gasteiger partial charge in [-0.05, 0) is 72.6 Å². The van der Waals surface area contributed by atoms with E-state index in [-0.39, 0.29) is 5.97 Å². The van der Waals surface area contributed by atoms with E-state index >= 15 is 0 Å². The summed E-state index contributed by atoms with van der Waals surface area (Å²) >= 11 is 0. The number of rotatable bonds is 4. The molecular weight excluding hydrogens is 428 g/mol. The predicted molar refractivity (Wildman–Crippen MR) is 152 cm³/mol. The molecule has 3 aromatic rings. The molecule has 190 valence electrons. The first kappa shape index (κ1) is 30.2. The molecule has 0 heterocycles. The fourth-order valence-electron chi connectivity index (χ4n) is 4.11. The Bertz CT molecular complexity index is 945. The van der Waals surface area contributed by atoms with E-state index in [4.69, 9.17) is 4.74 Å². The van der Waals surface area contributed by atoms with Crippen molar-refractivity contribution >= 4 is 5.97 Å². The first-order valence-electron chi connectivity index (χ1n) is 13.6. The van der Waals surface area contributed by atoms with Crippen molar-refractivity contribution in [1.82, 2.24) is 0 Å². The van der Waals surface area contributed by atoms with Crippen LogP contribution in [0.1, 0.15) is 102 Å². The molecule has 0 amide bonds. The lowest BCUT2D eigenvalue weighted by atomic mass is 9.79. The summed E-state index contributed by atoms with van der Waals surface area (Å²) in [6.07, 6.45) is 5.13. The molecule has 0 unspecified atom stereocenters. The summed E-state index contributed by atoms with van der Waals surface area (Å²) in [6.45, 7) is 16.4. The fraction of sp³-hybridized carbons (Fsp3) is 0.424. The van der Waals surface area contributed by atoms with Crippen molar-refractivity contribution in [2.75, 3.05) is 0 Å². The first-order valence-corrected chi connectivity index (χ1v) is 13.6. The molecule has 0 radical (unpaired) electrons. The zero-order valence-electron chi connectivity index (χ0n) is 23.2. The van der Waals surface area contributed by atoms with E-state index in [0.29, 0.717) is 17.2 Å². The van der Waals surface area contributed by atoms with Crippen molar-refractivity contribution < 1.29 is 9.53 Å². The molecule has 0 N–H and O–H groups in total. The Morgan fingerprint density at radius 1 is 0.657 bits per heavy atom. The third-order valence-corrected chi connectivity index (χ3v) is 6.08. The number of ether oxygens (including phenoxy) is 1. The molecule has 1 aliphatic rings. The molecule has 0 saturated heterocycles. The molecule has 0 aromatic heterocycles. The van der Waals surface area contributed by atoms with Crippen molar-refractivity contribution in [3.05, 3.63) is 89.5 Å². The molecule has 0 aliphatic heterocycles. The number of hydrogen-bond donors (Lipinski definition) is 0. The van der Waals surface area contributed by atoms with Crippen molar-refractivity contribution in [2.45, 2.75) is 87.0 Å². The van der Waals surface area contributed by atoms with Gasteiger partial charge >= 0.3 is 5.97 Å². The Hall–Kier alpha value is -2.87. The summed E-state index contributed by atoms with van der Waals surface area (Å²) in [4.78, 5) is 12.5. The Labute approximate surface area is 214 Å². The molecule has 2 nitrogen and oxygen atoms in total. The first-order chi connectivity index (χ1) is 17.1. The normalized spacial score (nSPS) is 16.2. The van der Waals surface area contributed by atoms with Crippen LogP contribution in [0.2, 0.25) is 0 Å². The van der Waals surface area contributed by atoms with Crippen LogP contribution >= 0.6 is 0 Å². The number of hydrogen-bond acceptors (Lipinski definition) is 2. The molecule has 35 heavy (non-hydrogen) atoms. The monoisotopic (exact) mass is 474 g/mol. The Balaban J connectivity index is 0.000000949. The van der Waals surface area contributed by atoms with Crippen LogP contribution in [0.4, 0.5) is 0 Å². The second kappa shape index (κ2) is 16.7. The average Bonchev–Trinajstić information content (AvgIpc) is 2.93. The second-order valence-corrected chi connectivity index (χ2v) is 8.36. The molecule has 0 atom stereocenters. The third kappa shape index (κ3) is 9.36. The molecule has 4 rings (SSSR count). The second-order valence-electron chi connectivity index (χ2n) is 8.36. The van der Waals surface area contributed by atoms with Crippen LogP contribution in [0, 0.1) is 12.8 Å².